The average molecular weight is 197 g/mol. The summed E-state index contributed by atoms with van der Waals surface area (Å²) in [6.45, 7) is 10.5. The van der Waals surface area contributed by atoms with Gasteiger partial charge in [-0.1, -0.05) is 40.5 Å². The van der Waals surface area contributed by atoms with Crippen LogP contribution in [0.4, 0.5) is 0 Å². The smallest absolute Gasteiger partial charge is 0.00673 e. The molecule has 1 saturated carbocycles. The largest absolute Gasteiger partial charge is 0.313 e. The molecule has 0 aromatic carbocycles. The molecule has 1 heteroatoms. The van der Waals surface area contributed by atoms with Crippen LogP contribution in [0.1, 0.15) is 59.8 Å². The van der Waals surface area contributed by atoms with Crippen molar-refractivity contribution in [1.82, 2.24) is 5.32 Å². The Labute approximate surface area is 89.7 Å². The van der Waals surface area contributed by atoms with E-state index in [-0.39, 0.29) is 0 Å². The maximum atomic E-state index is 3.72. The van der Waals surface area contributed by atoms with Crippen LogP contribution in [0, 0.1) is 11.3 Å². The van der Waals surface area contributed by atoms with E-state index in [2.05, 4.69) is 33.0 Å². The molecule has 0 spiro atoms. The van der Waals surface area contributed by atoms with Crippen molar-refractivity contribution in [1.29, 1.82) is 0 Å². The first-order valence-electron chi connectivity index (χ1n) is 6.21. The quantitative estimate of drug-likeness (QED) is 0.667. The number of hydrogen-bond acceptors (Lipinski definition) is 1. The van der Waals surface area contributed by atoms with E-state index in [1.165, 1.54) is 32.1 Å². The number of hydrogen-bond donors (Lipinski definition) is 1. The summed E-state index contributed by atoms with van der Waals surface area (Å²) in [4.78, 5) is 0. The SMILES string of the molecule is CC1CCCC(NCC(C)(C)C)CC1. The Morgan fingerprint density at radius 3 is 2.43 bits per heavy atom. The van der Waals surface area contributed by atoms with Crippen molar-refractivity contribution in [3.8, 4) is 0 Å². The predicted octanol–water partition coefficient (Wildman–Crippen LogP) is 3.59. The van der Waals surface area contributed by atoms with E-state index in [4.69, 9.17) is 0 Å². The predicted molar refractivity (Wildman–Crippen MR) is 63.5 cm³/mol. The van der Waals surface area contributed by atoms with Gasteiger partial charge in [-0.25, -0.2) is 0 Å². The van der Waals surface area contributed by atoms with Crippen LogP contribution < -0.4 is 5.32 Å². The average Bonchev–Trinajstić information content (AvgIpc) is 2.25. The molecule has 0 aromatic heterocycles. The summed E-state index contributed by atoms with van der Waals surface area (Å²) >= 11 is 0. The third kappa shape index (κ3) is 4.99. The van der Waals surface area contributed by atoms with Gasteiger partial charge in [0.1, 0.15) is 0 Å². The Balaban J connectivity index is 2.24. The van der Waals surface area contributed by atoms with Crippen molar-refractivity contribution >= 4 is 0 Å². The zero-order valence-corrected chi connectivity index (χ0v) is 10.4. The van der Waals surface area contributed by atoms with Gasteiger partial charge in [-0.15, -0.1) is 0 Å². The van der Waals surface area contributed by atoms with E-state index in [0.717, 1.165) is 18.5 Å². The maximum Gasteiger partial charge on any atom is 0.00673 e. The van der Waals surface area contributed by atoms with Gasteiger partial charge in [0.2, 0.25) is 0 Å². The van der Waals surface area contributed by atoms with Crippen molar-refractivity contribution in [2.24, 2.45) is 11.3 Å². The highest BCUT2D eigenvalue weighted by molar-refractivity contribution is 4.76. The second kappa shape index (κ2) is 5.16. The summed E-state index contributed by atoms with van der Waals surface area (Å²) in [6.07, 6.45) is 7.05. The molecular weight excluding hydrogens is 170 g/mol. The standard InChI is InChI=1S/C13H27N/c1-11-6-5-7-12(9-8-11)14-10-13(2,3)4/h11-12,14H,5-10H2,1-4H3. The fourth-order valence-corrected chi connectivity index (χ4v) is 2.14. The lowest BCUT2D eigenvalue weighted by Gasteiger charge is -2.24. The second-order valence-electron chi connectivity index (χ2n) is 6.25. The maximum absolute atomic E-state index is 3.72. The lowest BCUT2D eigenvalue weighted by Crippen LogP contribution is -2.35. The highest BCUT2D eigenvalue weighted by Crippen LogP contribution is 2.23. The molecule has 84 valence electrons. The molecule has 0 bridgehead atoms. The van der Waals surface area contributed by atoms with Gasteiger partial charge >= 0.3 is 0 Å². The zero-order chi connectivity index (χ0) is 10.6. The molecule has 0 amide bonds. The second-order valence-corrected chi connectivity index (χ2v) is 6.25. The van der Waals surface area contributed by atoms with Crippen LogP contribution in [0.5, 0.6) is 0 Å². The number of rotatable bonds is 2. The van der Waals surface area contributed by atoms with Gasteiger partial charge in [-0.3, -0.25) is 0 Å². The first kappa shape index (κ1) is 12.0. The van der Waals surface area contributed by atoms with Gasteiger partial charge in [0, 0.05) is 12.6 Å². The summed E-state index contributed by atoms with van der Waals surface area (Å²) in [6, 6.07) is 0.791. The minimum Gasteiger partial charge on any atom is -0.313 e. The zero-order valence-electron chi connectivity index (χ0n) is 10.4. The van der Waals surface area contributed by atoms with Gasteiger partial charge in [0.25, 0.3) is 0 Å². The molecule has 1 fully saturated rings. The summed E-state index contributed by atoms with van der Waals surface area (Å²) in [5.74, 6) is 0.955. The van der Waals surface area contributed by atoms with Crippen molar-refractivity contribution in [3.05, 3.63) is 0 Å². The number of nitrogens with one attached hydrogen (secondary N) is 1. The fourth-order valence-electron chi connectivity index (χ4n) is 2.14. The van der Waals surface area contributed by atoms with E-state index < -0.39 is 0 Å². The first-order chi connectivity index (χ1) is 6.47. The minimum absolute atomic E-state index is 0.428. The third-order valence-electron chi connectivity index (χ3n) is 3.18. The molecule has 0 saturated heterocycles. The Bertz CT molecular complexity index is 157. The lowest BCUT2D eigenvalue weighted by molar-refractivity contribution is 0.335. The molecule has 0 radical (unpaired) electrons. The molecule has 2 unspecified atom stereocenters. The Hall–Kier alpha value is -0.0400. The van der Waals surface area contributed by atoms with Crippen LogP contribution in [0.25, 0.3) is 0 Å². The summed E-state index contributed by atoms with van der Waals surface area (Å²) in [7, 11) is 0. The first-order valence-corrected chi connectivity index (χ1v) is 6.21. The van der Waals surface area contributed by atoms with E-state index >= 15 is 0 Å². The molecule has 0 aliphatic heterocycles. The molecule has 1 nitrogen and oxygen atoms in total. The summed E-state index contributed by atoms with van der Waals surface area (Å²) < 4.78 is 0. The molecule has 1 rings (SSSR count). The van der Waals surface area contributed by atoms with E-state index in [1.54, 1.807) is 0 Å². The van der Waals surface area contributed by atoms with E-state index in [9.17, 15) is 0 Å². The summed E-state index contributed by atoms with van der Waals surface area (Å²) in [5.41, 5.74) is 0.428. The van der Waals surface area contributed by atoms with Crippen LogP contribution in [0.2, 0.25) is 0 Å². The van der Waals surface area contributed by atoms with E-state index in [0.29, 0.717) is 5.41 Å². The van der Waals surface area contributed by atoms with Crippen LogP contribution >= 0.6 is 0 Å². The fraction of sp³-hybridized carbons (Fsp3) is 1.00. The van der Waals surface area contributed by atoms with Gasteiger partial charge < -0.3 is 5.32 Å². The monoisotopic (exact) mass is 197 g/mol. The third-order valence-corrected chi connectivity index (χ3v) is 3.18. The molecule has 2 atom stereocenters. The molecular formula is C13H27N. The Morgan fingerprint density at radius 2 is 1.79 bits per heavy atom. The molecule has 1 N–H and O–H groups in total. The van der Waals surface area contributed by atoms with Gasteiger partial charge in [-0.05, 0) is 30.6 Å². The topological polar surface area (TPSA) is 12.0 Å². The molecule has 1 aliphatic rings. The van der Waals surface area contributed by atoms with Gasteiger partial charge in [0.15, 0.2) is 0 Å². The summed E-state index contributed by atoms with van der Waals surface area (Å²) in [5, 5.41) is 3.72. The van der Waals surface area contributed by atoms with Crippen LogP contribution in [-0.2, 0) is 0 Å². The van der Waals surface area contributed by atoms with Crippen molar-refractivity contribution in [3.63, 3.8) is 0 Å². The van der Waals surface area contributed by atoms with Crippen molar-refractivity contribution in [2.75, 3.05) is 6.54 Å². The molecule has 1 aliphatic carbocycles. The van der Waals surface area contributed by atoms with E-state index in [1.807, 2.05) is 0 Å². The van der Waals surface area contributed by atoms with Crippen LogP contribution in [0.3, 0.4) is 0 Å². The highest BCUT2D eigenvalue weighted by atomic mass is 14.9. The van der Waals surface area contributed by atoms with Crippen LogP contribution in [0.15, 0.2) is 0 Å². The van der Waals surface area contributed by atoms with Gasteiger partial charge in [-0.2, -0.15) is 0 Å². The molecule has 14 heavy (non-hydrogen) atoms. The molecule has 0 heterocycles. The van der Waals surface area contributed by atoms with Crippen LogP contribution in [-0.4, -0.2) is 12.6 Å². The lowest BCUT2D eigenvalue weighted by atomic mass is 9.96. The normalized spacial score (nSPS) is 30.0. The minimum atomic E-state index is 0.428. The van der Waals surface area contributed by atoms with Gasteiger partial charge in [0.05, 0.1) is 0 Å². The Kier molecular flexibility index (Phi) is 4.43. The Morgan fingerprint density at radius 1 is 1.07 bits per heavy atom. The van der Waals surface area contributed by atoms with Crippen molar-refractivity contribution in [2.45, 2.75) is 65.8 Å². The van der Waals surface area contributed by atoms with Crippen molar-refractivity contribution < 1.29 is 0 Å². The highest BCUT2D eigenvalue weighted by Gasteiger charge is 2.18. The molecule has 0 aromatic rings.